The molecule has 0 aliphatic heterocycles. The van der Waals surface area contributed by atoms with Gasteiger partial charge in [-0.25, -0.2) is 0 Å². The number of benzene rings is 1. The van der Waals surface area contributed by atoms with Gasteiger partial charge in [0.05, 0.1) is 0 Å². The van der Waals surface area contributed by atoms with Gasteiger partial charge in [-0.3, -0.25) is 4.79 Å². The quantitative estimate of drug-likeness (QED) is 0.900. The molecular weight excluding hydrogens is 232 g/mol. The Morgan fingerprint density at radius 3 is 2.65 bits per heavy atom. The average Bonchev–Trinajstić information content (AvgIpc) is 2.32. The fraction of sp³-hybridized carbons (Fsp3) is 0.231. The molecule has 0 aliphatic carbocycles. The van der Waals surface area contributed by atoms with E-state index in [1.54, 1.807) is 5.38 Å². The molecule has 17 heavy (non-hydrogen) atoms. The van der Waals surface area contributed by atoms with Crippen molar-refractivity contribution in [2.45, 2.75) is 19.8 Å². The van der Waals surface area contributed by atoms with Gasteiger partial charge in [-0.2, -0.15) is 4.98 Å². The molecule has 0 bridgehead atoms. The zero-order valence-electron chi connectivity index (χ0n) is 9.64. The molecular formula is C13H14N2OS. The van der Waals surface area contributed by atoms with E-state index in [-0.39, 0.29) is 5.56 Å². The predicted octanol–water partition coefficient (Wildman–Crippen LogP) is 3.20. The summed E-state index contributed by atoms with van der Waals surface area (Å²) in [4.78, 5) is 15.0. The van der Waals surface area contributed by atoms with Gasteiger partial charge >= 0.3 is 0 Å². The average molecular weight is 246 g/mol. The van der Waals surface area contributed by atoms with Crippen molar-refractivity contribution in [2.75, 3.05) is 5.32 Å². The Bertz CT molecular complexity index is 534. The van der Waals surface area contributed by atoms with Gasteiger partial charge in [-0.15, -0.1) is 11.3 Å². The fourth-order valence-corrected chi connectivity index (χ4v) is 2.18. The molecule has 0 atom stereocenters. The lowest BCUT2D eigenvalue weighted by atomic mass is 10.1. The van der Waals surface area contributed by atoms with E-state index in [1.807, 2.05) is 12.1 Å². The number of aryl methyl sites for hydroxylation is 1. The van der Waals surface area contributed by atoms with Crippen LogP contribution in [0.5, 0.6) is 0 Å². The molecule has 0 unspecified atom stereocenters. The largest absolute Gasteiger partial charge is 0.331 e. The van der Waals surface area contributed by atoms with Crippen LogP contribution in [0.3, 0.4) is 0 Å². The predicted molar refractivity (Wildman–Crippen MR) is 72.1 cm³/mol. The molecule has 0 aliphatic rings. The topological polar surface area (TPSA) is 42.0 Å². The zero-order valence-corrected chi connectivity index (χ0v) is 10.5. The molecule has 88 valence electrons. The number of rotatable bonds is 4. The molecule has 0 amide bonds. The van der Waals surface area contributed by atoms with Crippen molar-refractivity contribution < 1.29 is 0 Å². The minimum absolute atomic E-state index is 0.214. The Balaban J connectivity index is 2.11. The third-order valence-electron chi connectivity index (χ3n) is 2.35. The lowest BCUT2D eigenvalue weighted by Gasteiger charge is -2.05. The molecule has 0 radical (unpaired) electrons. The summed E-state index contributed by atoms with van der Waals surface area (Å²) in [7, 11) is 0. The van der Waals surface area contributed by atoms with Gasteiger partial charge in [0.25, 0.3) is 5.56 Å². The molecule has 2 rings (SSSR count). The smallest absolute Gasteiger partial charge is 0.273 e. The van der Waals surface area contributed by atoms with Crippen molar-refractivity contribution >= 4 is 22.2 Å². The van der Waals surface area contributed by atoms with E-state index >= 15 is 0 Å². The van der Waals surface area contributed by atoms with Crippen molar-refractivity contribution in [3.8, 4) is 0 Å². The van der Waals surface area contributed by atoms with Gasteiger partial charge in [0, 0.05) is 11.8 Å². The molecule has 1 aromatic carbocycles. The highest BCUT2D eigenvalue weighted by Crippen LogP contribution is 2.17. The lowest BCUT2D eigenvalue weighted by Crippen LogP contribution is -2.04. The number of nitrogens with zero attached hydrogens (tertiary/aromatic N) is 1. The summed E-state index contributed by atoms with van der Waals surface area (Å²) in [6.07, 6.45) is 2.24. The fourth-order valence-electron chi connectivity index (χ4n) is 1.54. The highest BCUT2D eigenvalue weighted by Gasteiger charge is 1.97. The second-order valence-corrected chi connectivity index (χ2v) is 4.64. The lowest BCUT2D eigenvalue weighted by molar-refractivity contribution is 0.922. The van der Waals surface area contributed by atoms with Crippen LogP contribution < -0.4 is 10.9 Å². The Morgan fingerprint density at radius 2 is 2.00 bits per heavy atom. The van der Waals surface area contributed by atoms with Crippen LogP contribution in [0.4, 0.5) is 10.8 Å². The van der Waals surface area contributed by atoms with Crippen molar-refractivity contribution in [1.29, 1.82) is 0 Å². The molecule has 0 spiro atoms. The molecule has 1 aromatic heterocycles. The van der Waals surface area contributed by atoms with Crippen molar-refractivity contribution in [2.24, 2.45) is 0 Å². The minimum atomic E-state index is -0.214. The first-order valence-corrected chi connectivity index (χ1v) is 6.47. The van der Waals surface area contributed by atoms with E-state index in [1.165, 1.54) is 23.0 Å². The summed E-state index contributed by atoms with van der Waals surface area (Å²) in [6.45, 7) is 2.16. The van der Waals surface area contributed by atoms with E-state index in [2.05, 4.69) is 29.4 Å². The molecule has 4 heteroatoms. The summed E-state index contributed by atoms with van der Waals surface area (Å²) in [5, 5.41) is 5.49. The molecule has 1 N–H and O–H groups in total. The van der Waals surface area contributed by atoms with Crippen molar-refractivity contribution in [1.82, 2.24) is 4.98 Å². The standard InChI is InChI=1S/C13H14N2OS/c1-2-3-10-4-6-11(7-5-10)14-13-15-12(16)8-9-17-13/h4-9H,2-3H2,1H3,(H,14,15,16). The van der Waals surface area contributed by atoms with Crippen LogP contribution in [-0.2, 0) is 6.42 Å². The van der Waals surface area contributed by atoms with Crippen LogP contribution in [0.25, 0.3) is 0 Å². The van der Waals surface area contributed by atoms with Gasteiger partial charge in [0.2, 0.25) is 0 Å². The van der Waals surface area contributed by atoms with Crippen LogP contribution in [0.15, 0.2) is 40.5 Å². The first-order valence-electron chi connectivity index (χ1n) is 5.60. The SMILES string of the molecule is CCCc1ccc(Nc2nc(=O)ccs2)cc1. The maximum atomic E-state index is 11.1. The first kappa shape index (κ1) is 11.8. The summed E-state index contributed by atoms with van der Waals surface area (Å²) in [5.74, 6) is 0. The van der Waals surface area contributed by atoms with Gasteiger partial charge in [0.1, 0.15) is 0 Å². The maximum absolute atomic E-state index is 11.1. The maximum Gasteiger partial charge on any atom is 0.273 e. The summed E-state index contributed by atoms with van der Waals surface area (Å²) >= 11 is 1.41. The van der Waals surface area contributed by atoms with Crippen molar-refractivity contribution in [3.05, 3.63) is 51.6 Å². The number of anilines is 2. The zero-order chi connectivity index (χ0) is 12.1. The number of aromatic nitrogens is 1. The monoisotopic (exact) mass is 246 g/mol. The van der Waals surface area contributed by atoms with E-state index < -0.39 is 0 Å². The highest BCUT2D eigenvalue weighted by atomic mass is 32.1. The normalized spacial score (nSPS) is 10.2. The number of hydrogen-bond donors (Lipinski definition) is 1. The summed E-state index contributed by atoms with van der Waals surface area (Å²) in [5.41, 5.74) is 2.07. The van der Waals surface area contributed by atoms with Crippen LogP contribution in [0.1, 0.15) is 18.9 Å². The number of nitrogens with one attached hydrogen (secondary N) is 1. The molecule has 2 aromatic rings. The third kappa shape index (κ3) is 3.39. The first-order chi connectivity index (χ1) is 8.28. The van der Waals surface area contributed by atoms with Gasteiger partial charge < -0.3 is 5.32 Å². The van der Waals surface area contributed by atoms with Crippen LogP contribution >= 0.6 is 11.3 Å². The number of hydrogen-bond acceptors (Lipinski definition) is 4. The van der Waals surface area contributed by atoms with Gasteiger partial charge in [0.15, 0.2) is 5.13 Å². The molecule has 0 fully saturated rings. The van der Waals surface area contributed by atoms with E-state index in [0.29, 0.717) is 5.13 Å². The molecule has 1 heterocycles. The van der Waals surface area contributed by atoms with E-state index in [4.69, 9.17) is 0 Å². The highest BCUT2D eigenvalue weighted by molar-refractivity contribution is 7.13. The Morgan fingerprint density at radius 1 is 1.24 bits per heavy atom. The van der Waals surface area contributed by atoms with Gasteiger partial charge in [-0.05, 0) is 29.5 Å². The Kier molecular flexibility index (Phi) is 3.88. The van der Waals surface area contributed by atoms with Crippen LogP contribution in [-0.4, -0.2) is 4.98 Å². The summed E-state index contributed by atoms with van der Waals surface area (Å²) < 4.78 is 0. The molecule has 0 saturated carbocycles. The molecule has 0 saturated heterocycles. The second kappa shape index (κ2) is 5.59. The second-order valence-electron chi connectivity index (χ2n) is 3.75. The van der Waals surface area contributed by atoms with Crippen LogP contribution in [0, 0.1) is 0 Å². The molecule has 3 nitrogen and oxygen atoms in total. The van der Waals surface area contributed by atoms with Gasteiger partial charge in [-0.1, -0.05) is 25.5 Å². The van der Waals surface area contributed by atoms with E-state index in [9.17, 15) is 4.79 Å². The van der Waals surface area contributed by atoms with Crippen LogP contribution in [0.2, 0.25) is 0 Å². The third-order valence-corrected chi connectivity index (χ3v) is 3.03. The Hall–Kier alpha value is -1.68. The Labute approximate surface area is 104 Å². The van der Waals surface area contributed by atoms with Crippen molar-refractivity contribution in [3.63, 3.8) is 0 Å². The summed E-state index contributed by atoms with van der Waals surface area (Å²) in [6, 6.07) is 9.67. The van der Waals surface area contributed by atoms with E-state index in [0.717, 1.165) is 18.5 Å². The minimum Gasteiger partial charge on any atom is -0.331 e.